The molecular weight excluding hydrogens is 238 g/mol. The first-order valence-corrected chi connectivity index (χ1v) is 6.02. The summed E-state index contributed by atoms with van der Waals surface area (Å²) in [6.07, 6.45) is 5.65. The minimum absolute atomic E-state index is 0.439. The second kappa shape index (κ2) is 6.36. The Balaban J connectivity index is 2.22. The highest BCUT2D eigenvalue weighted by molar-refractivity contribution is 5.63. The maximum absolute atomic E-state index is 8.76. The minimum Gasteiger partial charge on any atom is -0.382 e. The van der Waals surface area contributed by atoms with Crippen molar-refractivity contribution in [2.45, 2.75) is 13.0 Å². The Bertz CT molecular complexity index is 562. The van der Waals surface area contributed by atoms with Crippen LogP contribution in [0.4, 0.5) is 11.5 Å². The molecule has 96 valence electrons. The van der Waals surface area contributed by atoms with Gasteiger partial charge in [0.2, 0.25) is 0 Å². The number of hydrogen-bond donors (Lipinski definition) is 1. The van der Waals surface area contributed by atoms with Gasteiger partial charge in [-0.05, 0) is 23.8 Å². The number of nitrogen functional groups attached to an aromatic ring is 1. The van der Waals surface area contributed by atoms with Crippen LogP contribution in [-0.4, -0.2) is 16.5 Å². The fourth-order valence-corrected chi connectivity index (χ4v) is 1.86. The Hall–Kier alpha value is -2.61. The molecular formula is C14H15N5. The standard InChI is InChI=1S/C14H15N5/c15-6-3-9-19(11-12-4-1-7-17-10-12)13-5-2-8-18-14(13)16/h1-2,4-5,7-8,10H,3,9,11H2,(H2,16,18). The van der Waals surface area contributed by atoms with Gasteiger partial charge in [0, 0.05) is 31.7 Å². The molecule has 5 heteroatoms. The summed E-state index contributed by atoms with van der Waals surface area (Å²) in [5.41, 5.74) is 7.82. The first kappa shape index (κ1) is 12.8. The number of anilines is 2. The van der Waals surface area contributed by atoms with Gasteiger partial charge in [-0.15, -0.1) is 0 Å². The molecule has 0 amide bonds. The van der Waals surface area contributed by atoms with E-state index in [0.717, 1.165) is 11.3 Å². The van der Waals surface area contributed by atoms with Gasteiger partial charge in [0.25, 0.3) is 0 Å². The molecule has 0 atom stereocenters. The lowest BCUT2D eigenvalue weighted by Gasteiger charge is -2.24. The molecule has 2 N–H and O–H groups in total. The van der Waals surface area contributed by atoms with Crippen LogP contribution in [-0.2, 0) is 6.54 Å². The van der Waals surface area contributed by atoms with Crippen LogP contribution in [0.5, 0.6) is 0 Å². The van der Waals surface area contributed by atoms with Crippen LogP contribution in [0.15, 0.2) is 42.9 Å². The summed E-state index contributed by atoms with van der Waals surface area (Å²) < 4.78 is 0. The van der Waals surface area contributed by atoms with Crippen molar-refractivity contribution < 1.29 is 0 Å². The number of pyridine rings is 2. The van der Waals surface area contributed by atoms with E-state index in [1.165, 1.54) is 0 Å². The van der Waals surface area contributed by atoms with E-state index in [1.54, 1.807) is 12.4 Å². The van der Waals surface area contributed by atoms with Crippen molar-refractivity contribution >= 4 is 11.5 Å². The highest BCUT2D eigenvalue weighted by Crippen LogP contribution is 2.22. The third-order valence-corrected chi connectivity index (χ3v) is 2.75. The third-order valence-electron chi connectivity index (χ3n) is 2.75. The lowest BCUT2D eigenvalue weighted by Crippen LogP contribution is -2.25. The predicted octanol–water partition coefficient (Wildman–Crippen LogP) is 1.98. The van der Waals surface area contributed by atoms with Crippen molar-refractivity contribution in [2.24, 2.45) is 0 Å². The molecule has 0 aliphatic heterocycles. The zero-order valence-corrected chi connectivity index (χ0v) is 10.5. The zero-order valence-electron chi connectivity index (χ0n) is 10.5. The van der Waals surface area contributed by atoms with Gasteiger partial charge in [-0.3, -0.25) is 4.98 Å². The SMILES string of the molecule is N#CCCN(Cc1cccnc1)c1cccnc1N. The predicted molar refractivity (Wildman–Crippen MR) is 74.2 cm³/mol. The van der Waals surface area contributed by atoms with E-state index in [4.69, 9.17) is 11.0 Å². The van der Waals surface area contributed by atoms with Crippen molar-refractivity contribution in [2.75, 3.05) is 17.2 Å². The van der Waals surface area contributed by atoms with Gasteiger partial charge in [0.15, 0.2) is 0 Å². The molecule has 0 aromatic carbocycles. The van der Waals surface area contributed by atoms with Gasteiger partial charge in [-0.2, -0.15) is 5.26 Å². The summed E-state index contributed by atoms with van der Waals surface area (Å²) in [5, 5.41) is 8.76. The second-order valence-corrected chi connectivity index (χ2v) is 4.10. The summed E-state index contributed by atoms with van der Waals surface area (Å²) in [4.78, 5) is 10.2. The van der Waals surface area contributed by atoms with Gasteiger partial charge in [-0.1, -0.05) is 6.07 Å². The van der Waals surface area contributed by atoms with Crippen LogP contribution in [0.3, 0.4) is 0 Å². The highest BCUT2D eigenvalue weighted by Gasteiger charge is 2.10. The van der Waals surface area contributed by atoms with Crippen LogP contribution in [0.25, 0.3) is 0 Å². The number of rotatable bonds is 5. The molecule has 2 heterocycles. The van der Waals surface area contributed by atoms with Crippen LogP contribution in [0, 0.1) is 11.3 Å². The molecule has 0 aliphatic rings. The Labute approximate surface area is 112 Å². The number of nitriles is 1. The minimum atomic E-state index is 0.439. The van der Waals surface area contributed by atoms with Gasteiger partial charge < -0.3 is 10.6 Å². The van der Waals surface area contributed by atoms with Crippen LogP contribution in [0.2, 0.25) is 0 Å². The monoisotopic (exact) mass is 253 g/mol. The third kappa shape index (κ3) is 3.42. The zero-order chi connectivity index (χ0) is 13.5. The number of aromatic nitrogens is 2. The highest BCUT2D eigenvalue weighted by atomic mass is 15.1. The Morgan fingerprint density at radius 1 is 1.26 bits per heavy atom. The number of nitrogens with two attached hydrogens (primary N) is 1. The van der Waals surface area contributed by atoms with Gasteiger partial charge in [0.1, 0.15) is 5.82 Å². The maximum atomic E-state index is 8.76. The Morgan fingerprint density at radius 3 is 2.79 bits per heavy atom. The molecule has 0 unspecified atom stereocenters. The average Bonchev–Trinajstić information content (AvgIpc) is 2.45. The van der Waals surface area contributed by atoms with Crippen molar-refractivity contribution in [3.8, 4) is 6.07 Å². The fourth-order valence-electron chi connectivity index (χ4n) is 1.86. The van der Waals surface area contributed by atoms with Gasteiger partial charge in [0.05, 0.1) is 18.2 Å². The molecule has 2 aromatic rings. The number of nitrogens with zero attached hydrogens (tertiary/aromatic N) is 4. The molecule has 2 aromatic heterocycles. The van der Waals surface area contributed by atoms with E-state index >= 15 is 0 Å². The summed E-state index contributed by atoms with van der Waals surface area (Å²) in [6.45, 7) is 1.27. The van der Waals surface area contributed by atoms with Crippen LogP contribution >= 0.6 is 0 Å². The largest absolute Gasteiger partial charge is 0.382 e. The van der Waals surface area contributed by atoms with Crippen molar-refractivity contribution in [3.05, 3.63) is 48.4 Å². The van der Waals surface area contributed by atoms with Crippen LogP contribution in [0.1, 0.15) is 12.0 Å². The van der Waals surface area contributed by atoms with Crippen molar-refractivity contribution in [1.29, 1.82) is 5.26 Å². The molecule has 0 bridgehead atoms. The molecule has 0 saturated heterocycles. The van der Waals surface area contributed by atoms with Gasteiger partial charge >= 0.3 is 0 Å². The lowest BCUT2D eigenvalue weighted by atomic mass is 10.2. The molecule has 2 rings (SSSR count). The average molecular weight is 253 g/mol. The fraction of sp³-hybridized carbons (Fsp3) is 0.214. The van der Waals surface area contributed by atoms with E-state index in [1.807, 2.05) is 35.4 Å². The maximum Gasteiger partial charge on any atom is 0.146 e. The topological polar surface area (TPSA) is 78.8 Å². The van der Waals surface area contributed by atoms with Crippen LogP contribution < -0.4 is 10.6 Å². The Morgan fingerprint density at radius 2 is 2.11 bits per heavy atom. The summed E-state index contributed by atoms with van der Waals surface area (Å²) >= 11 is 0. The van der Waals surface area contributed by atoms with E-state index < -0.39 is 0 Å². The van der Waals surface area contributed by atoms with E-state index in [2.05, 4.69) is 16.0 Å². The van der Waals surface area contributed by atoms with Gasteiger partial charge in [-0.25, -0.2) is 4.98 Å². The first-order chi connectivity index (χ1) is 9.31. The quantitative estimate of drug-likeness (QED) is 0.881. The smallest absolute Gasteiger partial charge is 0.146 e. The summed E-state index contributed by atoms with van der Waals surface area (Å²) in [5.74, 6) is 0.476. The summed E-state index contributed by atoms with van der Waals surface area (Å²) in [6, 6.07) is 9.80. The molecule has 0 saturated carbocycles. The normalized spacial score (nSPS) is 9.84. The van der Waals surface area contributed by atoms with E-state index in [0.29, 0.717) is 25.3 Å². The lowest BCUT2D eigenvalue weighted by molar-refractivity contribution is 0.794. The molecule has 0 fully saturated rings. The van der Waals surface area contributed by atoms with Crippen molar-refractivity contribution in [1.82, 2.24) is 9.97 Å². The molecule has 0 spiro atoms. The second-order valence-electron chi connectivity index (χ2n) is 4.10. The first-order valence-electron chi connectivity index (χ1n) is 6.02. The number of hydrogen-bond acceptors (Lipinski definition) is 5. The molecule has 5 nitrogen and oxygen atoms in total. The molecule has 0 aliphatic carbocycles. The van der Waals surface area contributed by atoms with Crippen molar-refractivity contribution in [3.63, 3.8) is 0 Å². The summed E-state index contributed by atoms with van der Waals surface area (Å²) in [7, 11) is 0. The Kier molecular flexibility index (Phi) is 4.29. The van der Waals surface area contributed by atoms with E-state index in [-0.39, 0.29) is 0 Å². The molecule has 19 heavy (non-hydrogen) atoms. The van der Waals surface area contributed by atoms with E-state index in [9.17, 15) is 0 Å². The molecule has 0 radical (unpaired) electrons.